The third kappa shape index (κ3) is 18.9. The van der Waals surface area contributed by atoms with Crippen LogP contribution in [-0.2, 0) is 19.1 Å². The average Bonchev–Trinajstić information content (AvgIpc) is 2.32. The Balaban J connectivity index is 0. The predicted octanol–water partition coefficient (Wildman–Crippen LogP) is 2.09. The Labute approximate surface area is 121 Å². The van der Waals surface area contributed by atoms with Crippen molar-refractivity contribution in [2.75, 3.05) is 12.8 Å². The predicted molar refractivity (Wildman–Crippen MR) is 78.7 cm³/mol. The van der Waals surface area contributed by atoms with Crippen LogP contribution in [-0.4, -0.2) is 40.9 Å². The number of carbonyl (C=O) groups excluding carboxylic acids is 1. The molecular weight excluding hydrogens is 283 g/mol. The van der Waals surface area contributed by atoms with Gasteiger partial charge in [0.1, 0.15) is 6.42 Å². The molecule has 0 aliphatic heterocycles. The van der Waals surface area contributed by atoms with Crippen molar-refractivity contribution in [1.29, 1.82) is 0 Å². The molecule has 7 heteroatoms. The monoisotopic (exact) mass is 306 g/mol. The fourth-order valence-corrected chi connectivity index (χ4v) is 1.31. The topological polar surface area (TPSA) is 101 Å². The SMILES string of the molecule is C=C(C)C(=O)OCCCCCCP.O=C(O)CC(=O)O. The molecule has 0 heterocycles. The smallest absolute Gasteiger partial charge is 0.333 e. The molecule has 20 heavy (non-hydrogen) atoms. The molecule has 0 aromatic heterocycles. The zero-order valence-electron chi connectivity index (χ0n) is 11.8. The molecule has 0 aliphatic rings. The van der Waals surface area contributed by atoms with E-state index in [1.807, 2.05) is 0 Å². The zero-order chi connectivity index (χ0) is 16.0. The van der Waals surface area contributed by atoms with Crippen molar-refractivity contribution < 1.29 is 29.3 Å². The normalized spacial score (nSPS) is 9.10. The zero-order valence-corrected chi connectivity index (χ0v) is 12.9. The van der Waals surface area contributed by atoms with E-state index in [1.54, 1.807) is 6.92 Å². The van der Waals surface area contributed by atoms with Gasteiger partial charge in [-0.15, -0.1) is 9.24 Å². The molecule has 0 rings (SSSR count). The second-order valence-corrected chi connectivity index (χ2v) is 4.66. The summed E-state index contributed by atoms with van der Waals surface area (Å²) in [5.41, 5.74) is 0.477. The minimum absolute atomic E-state index is 0.272. The van der Waals surface area contributed by atoms with E-state index in [9.17, 15) is 14.4 Å². The van der Waals surface area contributed by atoms with Gasteiger partial charge in [0.05, 0.1) is 6.61 Å². The Morgan fingerprint density at radius 3 is 1.90 bits per heavy atom. The first-order chi connectivity index (χ1) is 9.31. The lowest BCUT2D eigenvalue weighted by molar-refractivity contribution is -0.147. The molecule has 0 spiro atoms. The van der Waals surface area contributed by atoms with Crippen molar-refractivity contribution in [2.24, 2.45) is 0 Å². The molecule has 116 valence electrons. The summed E-state index contributed by atoms with van der Waals surface area (Å²) in [7, 11) is 2.71. The fraction of sp³-hybridized carbons (Fsp3) is 0.615. The van der Waals surface area contributed by atoms with Gasteiger partial charge in [-0.2, -0.15) is 0 Å². The molecule has 0 aromatic carbocycles. The summed E-state index contributed by atoms with van der Waals surface area (Å²) in [6, 6.07) is 0. The first kappa shape index (κ1) is 20.9. The van der Waals surface area contributed by atoms with Gasteiger partial charge in [-0.05, 0) is 25.9 Å². The first-order valence-corrected chi connectivity index (χ1v) is 7.09. The molecule has 1 unspecified atom stereocenters. The molecule has 0 aliphatic carbocycles. The molecule has 6 nitrogen and oxygen atoms in total. The highest BCUT2D eigenvalue weighted by molar-refractivity contribution is 7.16. The number of esters is 1. The summed E-state index contributed by atoms with van der Waals surface area (Å²) in [6.45, 7) is 5.70. The van der Waals surface area contributed by atoms with E-state index in [0.717, 1.165) is 19.0 Å². The molecule has 0 aromatic rings. The van der Waals surface area contributed by atoms with Gasteiger partial charge in [0, 0.05) is 5.57 Å². The van der Waals surface area contributed by atoms with E-state index in [-0.39, 0.29) is 5.97 Å². The van der Waals surface area contributed by atoms with Crippen LogP contribution in [0.4, 0.5) is 0 Å². The second kappa shape index (κ2) is 14.0. The van der Waals surface area contributed by atoms with Gasteiger partial charge in [-0.25, -0.2) is 4.79 Å². The van der Waals surface area contributed by atoms with Crippen molar-refractivity contribution >= 4 is 27.1 Å². The number of ether oxygens (including phenoxy) is 1. The van der Waals surface area contributed by atoms with E-state index < -0.39 is 18.4 Å². The van der Waals surface area contributed by atoms with E-state index in [2.05, 4.69) is 15.8 Å². The number of unbranched alkanes of at least 4 members (excludes halogenated alkanes) is 3. The summed E-state index contributed by atoms with van der Waals surface area (Å²) >= 11 is 0. The largest absolute Gasteiger partial charge is 0.481 e. The Bertz CT molecular complexity index is 315. The van der Waals surface area contributed by atoms with E-state index in [4.69, 9.17) is 14.9 Å². The number of rotatable bonds is 9. The van der Waals surface area contributed by atoms with Crippen LogP contribution in [0.15, 0.2) is 12.2 Å². The van der Waals surface area contributed by atoms with Crippen LogP contribution in [0.25, 0.3) is 0 Å². The standard InChI is InChI=1S/C10H19O2P.C3H4O4/c1-9(2)10(11)12-7-5-3-4-6-8-13;4-2(5)1-3(6)7/h1,3-8,13H2,2H3;1H2,(H,4,5)(H,6,7). The summed E-state index contributed by atoms with van der Waals surface area (Å²) in [5, 5.41) is 15.4. The van der Waals surface area contributed by atoms with Gasteiger partial charge in [0.2, 0.25) is 0 Å². The minimum atomic E-state index is -1.31. The summed E-state index contributed by atoms with van der Waals surface area (Å²) in [4.78, 5) is 29.8. The van der Waals surface area contributed by atoms with Crippen LogP contribution < -0.4 is 0 Å². The maximum atomic E-state index is 10.9. The van der Waals surface area contributed by atoms with Gasteiger partial charge in [0.15, 0.2) is 0 Å². The lowest BCUT2D eigenvalue weighted by Gasteiger charge is -2.03. The van der Waals surface area contributed by atoms with Gasteiger partial charge in [0.25, 0.3) is 0 Å². The number of carboxylic acids is 2. The number of carboxylic acid groups (broad SMARTS) is 2. The highest BCUT2D eigenvalue weighted by atomic mass is 31.0. The maximum absolute atomic E-state index is 10.9. The van der Waals surface area contributed by atoms with Crippen molar-refractivity contribution in [3.05, 3.63) is 12.2 Å². The van der Waals surface area contributed by atoms with E-state index in [1.165, 1.54) is 12.8 Å². The van der Waals surface area contributed by atoms with Crippen molar-refractivity contribution in [3.63, 3.8) is 0 Å². The van der Waals surface area contributed by atoms with Gasteiger partial charge < -0.3 is 14.9 Å². The summed E-state index contributed by atoms with van der Waals surface area (Å²) in [5.74, 6) is -2.90. The lowest BCUT2D eigenvalue weighted by Crippen LogP contribution is -2.05. The average molecular weight is 306 g/mol. The minimum Gasteiger partial charge on any atom is -0.481 e. The van der Waals surface area contributed by atoms with Crippen LogP contribution in [0.2, 0.25) is 0 Å². The Hall–Kier alpha value is -1.42. The van der Waals surface area contributed by atoms with Gasteiger partial charge in [-0.3, -0.25) is 9.59 Å². The van der Waals surface area contributed by atoms with Crippen LogP contribution >= 0.6 is 9.24 Å². The van der Waals surface area contributed by atoms with Crippen LogP contribution in [0.1, 0.15) is 39.0 Å². The number of hydrogen-bond donors (Lipinski definition) is 2. The van der Waals surface area contributed by atoms with Crippen molar-refractivity contribution in [2.45, 2.75) is 39.0 Å². The van der Waals surface area contributed by atoms with Crippen LogP contribution in [0.5, 0.6) is 0 Å². The number of carbonyl (C=O) groups is 3. The fourth-order valence-electron chi connectivity index (χ4n) is 1.02. The summed E-state index contributed by atoms with van der Waals surface area (Å²) in [6.07, 6.45) is 4.90. The van der Waals surface area contributed by atoms with Gasteiger partial charge >= 0.3 is 17.9 Å². The number of hydrogen-bond acceptors (Lipinski definition) is 4. The Morgan fingerprint density at radius 1 is 1.05 bits per heavy atom. The summed E-state index contributed by atoms with van der Waals surface area (Å²) < 4.78 is 4.94. The third-order valence-corrected chi connectivity index (χ3v) is 2.39. The first-order valence-electron chi connectivity index (χ1n) is 6.27. The lowest BCUT2D eigenvalue weighted by atomic mass is 10.2. The molecule has 2 N–H and O–H groups in total. The van der Waals surface area contributed by atoms with Gasteiger partial charge in [-0.1, -0.05) is 19.4 Å². The van der Waals surface area contributed by atoms with Crippen molar-refractivity contribution in [3.8, 4) is 0 Å². The molecule has 0 saturated heterocycles. The highest BCUT2D eigenvalue weighted by Crippen LogP contribution is 2.03. The highest BCUT2D eigenvalue weighted by Gasteiger charge is 2.02. The molecule has 0 saturated carbocycles. The third-order valence-electron chi connectivity index (χ3n) is 1.98. The molecule has 0 bridgehead atoms. The van der Waals surface area contributed by atoms with Crippen molar-refractivity contribution in [1.82, 2.24) is 0 Å². The molecule has 1 atom stereocenters. The molecule has 0 radical (unpaired) electrons. The van der Waals surface area contributed by atoms with E-state index >= 15 is 0 Å². The van der Waals surface area contributed by atoms with E-state index in [0.29, 0.717) is 12.2 Å². The van der Waals surface area contributed by atoms with Crippen LogP contribution in [0.3, 0.4) is 0 Å². The quantitative estimate of drug-likeness (QED) is 0.222. The number of aliphatic carboxylic acids is 2. The Kier molecular flexibility index (Phi) is 14.6. The Morgan fingerprint density at radius 2 is 1.55 bits per heavy atom. The molecule has 0 amide bonds. The second-order valence-electron chi connectivity index (χ2n) is 4.08. The van der Waals surface area contributed by atoms with Crippen LogP contribution in [0, 0.1) is 0 Å². The maximum Gasteiger partial charge on any atom is 0.333 e. The molecule has 0 fully saturated rings. The molecular formula is C13H23O6P.